The van der Waals surface area contributed by atoms with Gasteiger partial charge in [-0.15, -0.1) is 0 Å². The average Bonchev–Trinajstić information content (AvgIpc) is 2.93. The number of aliphatic hydroxyl groups is 1. The van der Waals surface area contributed by atoms with Gasteiger partial charge < -0.3 is 9.84 Å². The fraction of sp³-hybridized carbons (Fsp3) is 0.462. The Hall–Kier alpha value is -1.30. The Bertz CT molecular complexity index is 460. The predicted molar refractivity (Wildman–Crippen MR) is 69.7 cm³/mol. The molecule has 1 aliphatic rings. The monoisotopic (exact) mass is 285 g/mol. The molecule has 1 aromatic carbocycles. The maximum atomic E-state index is 12.0. The highest BCUT2D eigenvalue weighted by Gasteiger charge is 2.26. The largest absolute Gasteiger partial charge is 0.480 e. The summed E-state index contributed by atoms with van der Waals surface area (Å²) in [6, 6.07) is 4.91. The van der Waals surface area contributed by atoms with Crippen molar-refractivity contribution in [2.45, 2.75) is 26.1 Å². The number of carbonyl (C=O) groups is 1. The minimum absolute atomic E-state index is 0.197. The van der Waals surface area contributed by atoms with Crippen LogP contribution in [0.3, 0.4) is 0 Å². The number of halogens is 1. The molecule has 1 atom stereocenters. The van der Waals surface area contributed by atoms with Crippen LogP contribution in [0.15, 0.2) is 18.2 Å². The fourth-order valence-electron chi connectivity index (χ4n) is 1.85. The van der Waals surface area contributed by atoms with Crippen molar-refractivity contribution in [3.63, 3.8) is 0 Å². The van der Waals surface area contributed by atoms with E-state index in [9.17, 15) is 9.90 Å². The Kier molecular flexibility index (Phi) is 4.63. The molecule has 1 saturated heterocycles. The van der Waals surface area contributed by atoms with Crippen molar-refractivity contribution >= 4 is 17.5 Å². The third kappa shape index (κ3) is 3.37. The molecular weight excluding hydrogens is 270 g/mol. The second-order valence-corrected chi connectivity index (χ2v) is 4.73. The molecule has 0 bridgehead atoms. The van der Waals surface area contributed by atoms with Gasteiger partial charge in [0.1, 0.15) is 5.75 Å². The molecule has 1 aromatic rings. The zero-order valence-corrected chi connectivity index (χ0v) is 11.4. The van der Waals surface area contributed by atoms with Crippen LogP contribution < -0.4 is 4.74 Å². The lowest BCUT2D eigenvalue weighted by Gasteiger charge is -2.21. The number of carbonyl (C=O) groups excluding carboxylic acids is 1. The summed E-state index contributed by atoms with van der Waals surface area (Å²) in [5, 5.41) is 11.1. The number of hydroxylamine groups is 2. The van der Waals surface area contributed by atoms with E-state index >= 15 is 0 Å². The van der Waals surface area contributed by atoms with E-state index in [1.54, 1.807) is 25.1 Å². The van der Waals surface area contributed by atoms with Crippen LogP contribution in [-0.4, -0.2) is 35.3 Å². The number of aliphatic hydroxyl groups excluding tert-OH is 1. The number of rotatable bonds is 4. The standard InChI is InChI=1S/C13H16ClNO4/c1-9(13(17)15-5-2-6-18-15)19-12-4-3-11(14)7-10(12)8-16/h3-4,7,9,16H,2,5-6,8H2,1H3. The summed E-state index contributed by atoms with van der Waals surface area (Å²) < 4.78 is 5.58. The zero-order chi connectivity index (χ0) is 13.8. The normalized spacial score (nSPS) is 16.5. The van der Waals surface area contributed by atoms with Gasteiger partial charge in [-0.1, -0.05) is 11.6 Å². The Morgan fingerprint density at radius 1 is 1.63 bits per heavy atom. The second-order valence-electron chi connectivity index (χ2n) is 4.30. The van der Waals surface area contributed by atoms with E-state index in [-0.39, 0.29) is 12.5 Å². The molecule has 0 spiro atoms. The highest BCUT2D eigenvalue weighted by atomic mass is 35.5. The van der Waals surface area contributed by atoms with Crippen molar-refractivity contribution in [1.29, 1.82) is 0 Å². The Labute approximate surface area is 116 Å². The number of hydrogen-bond donors (Lipinski definition) is 1. The van der Waals surface area contributed by atoms with E-state index in [2.05, 4.69) is 0 Å². The molecule has 0 radical (unpaired) electrons. The van der Waals surface area contributed by atoms with Crippen LogP contribution in [0, 0.1) is 0 Å². The van der Waals surface area contributed by atoms with Crippen molar-refractivity contribution in [2.24, 2.45) is 0 Å². The zero-order valence-electron chi connectivity index (χ0n) is 10.6. The molecule has 0 saturated carbocycles. The molecule has 19 heavy (non-hydrogen) atoms. The number of ether oxygens (including phenoxy) is 1. The van der Waals surface area contributed by atoms with Crippen LogP contribution in [0.5, 0.6) is 5.75 Å². The number of nitrogens with zero attached hydrogens (tertiary/aromatic N) is 1. The molecule has 1 unspecified atom stereocenters. The lowest BCUT2D eigenvalue weighted by Crippen LogP contribution is -2.38. The molecule has 1 fully saturated rings. The molecule has 1 aliphatic heterocycles. The van der Waals surface area contributed by atoms with Crippen LogP contribution in [0.4, 0.5) is 0 Å². The minimum Gasteiger partial charge on any atom is -0.480 e. The summed E-state index contributed by atoms with van der Waals surface area (Å²) in [7, 11) is 0. The van der Waals surface area contributed by atoms with Gasteiger partial charge >= 0.3 is 0 Å². The van der Waals surface area contributed by atoms with Crippen molar-refractivity contribution in [1.82, 2.24) is 5.06 Å². The summed E-state index contributed by atoms with van der Waals surface area (Å²) in [4.78, 5) is 17.2. The van der Waals surface area contributed by atoms with E-state index in [0.717, 1.165) is 6.42 Å². The summed E-state index contributed by atoms with van der Waals surface area (Å²) >= 11 is 5.84. The van der Waals surface area contributed by atoms with Crippen LogP contribution in [-0.2, 0) is 16.2 Å². The van der Waals surface area contributed by atoms with Crippen LogP contribution in [0.1, 0.15) is 18.9 Å². The van der Waals surface area contributed by atoms with Gasteiger partial charge in [0.15, 0.2) is 6.10 Å². The summed E-state index contributed by atoms with van der Waals surface area (Å²) in [5.74, 6) is 0.225. The second kappa shape index (κ2) is 6.23. The summed E-state index contributed by atoms with van der Waals surface area (Å²) in [6.07, 6.45) is 0.158. The van der Waals surface area contributed by atoms with Gasteiger partial charge in [-0.25, -0.2) is 5.06 Å². The van der Waals surface area contributed by atoms with Crippen LogP contribution in [0.25, 0.3) is 0 Å². The fourth-order valence-corrected chi connectivity index (χ4v) is 2.05. The number of benzene rings is 1. The van der Waals surface area contributed by atoms with E-state index in [4.69, 9.17) is 21.2 Å². The van der Waals surface area contributed by atoms with Gasteiger partial charge in [0, 0.05) is 10.6 Å². The van der Waals surface area contributed by atoms with Crippen molar-refractivity contribution < 1.29 is 19.5 Å². The van der Waals surface area contributed by atoms with Gasteiger partial charge in [-0.2, -0.15) is 0 Å². The van der Waals surface area contributed by atoms with Gasteiger partial charge in [0.05, 0.1) is 19.8 Å². The maximum Gasteiger partial charge on any atom is 0.286 e. The minimum atomic E-state index is -0.676. The lowest BCUT2D eigenvalue weighted by atomic mass is 10.2. The molecule has 6 heteroatoms. The van der Waals surface area contributed by atoms with Gasteiger partial charge in [-0.3, -0.25) is 9.63 Å². The van der Waals surface area contributed by atoms with Gasteiger partial charge in [0.2, 0.25) is 0 Å². The van der Waals surface area contributed by atoms with E-state index < -0.39 is 6.10 Å². The number of hydrogen-bond acceptors (Lipinski definition) is 4. The Morgan fingerprint density at radius 3 is 3.05 bits per heavy atom. The summed E-state index contributed by atoms with van der Waals surface area (Å²) in [6.45, 7) is 2.60. The van der Waals surface area contributed by atoms with E-state index in [0.29, 0.717) is 29.5 Å². The van der Waals surface area contributed by atoms with E-state index in [1.807, 2.05) is 0 Å². The highest BCUT2D eigenvalue weighted by Crippen LogP contribution is 2.24. The summed E-state index contributed by atoms with van der Waals surface area (Å²) in [5.41, 5.74) is 0.550. The van der Waals surface area contributed by atoms with Crippen molar-refractivity contribution in [3.05, 3.63) is 28.8 Å². The Morgan fingerprint density at radius 2 is 2.42 bits per heavy atom. The lowest BCUT2D eigenvalue weighted by molar-refractivity contribution is -0.175. The maximum absolute atomic E-state index is 12.0. The molecule has 0 aliphatic carbocycles. The van der Waals surface area contributed by atoms with Crippen LogP contribution >= 0.6 is 11.6 Å². The molecule has 5 nitrogen and oxygen atoms in total. The predicted octanol–water partition coefficient (Wildman–Crippen LogP) is 1.76. The Balaban J connectivity index is 2.05. The smallest absolute Gasteiger partial charge is 0.286 e. The third-order valence-electron chi connectivity index (χ3n) is 2.84. The molecule has 2 rings (SSSR count). The van der Waals surface area contributed by atoms with Crippen LogP contribution in [0.2, 0.25) is 5.02 Å². The first-order valence-electron chi connectivity index (χ1n) is 6.12. The SMILES string of the molecule is CC(Oc1ccc(Cl)cc1CO)C(=O)N1CCCO1. The third-order valence-corrected chi connectivity index (χ3v) is 3.08. The molecule has 1 N–H and O–H groups in total. The molecule has 1 amide bonds. The molecule has 104 valence electrons. The number of amides is 1. The van der Waals surface area contributed by atoms with Gasteiger partial charge in [-0.05, 0) is 31.5 Å². The first-order chi connectivity index (χ1) is 9.11. The first-order valence-corrected chi connectivity index (χ1v) is 6.50. The average molecular weight is 286 g/mol. The molecular formula is C13H16ClNO4. The highest BCUT2D eigenvalue weighted by molar-refractivity contribution is 6.30. The molecule has 1 heterocycles. The molecule has 0 aromatic heterocycles. The quantitative estimate of drug-likeness (QED) is 0.916. The van der Waals surface area contributed by atoms with Gasteiger partial charge in [0.25, 0.3) is 5.91 Å². The van der Waals surface area contributed by atoms with E-state index in [1.165, 1.54) is 5.06 Å². The topological polar surface area (TPSA) is 59.0 Å². The first kappa shape index (κ1) is 14.1. The van der Waals surface area contributed by atoms with Crippen molar-refractivity contribution in [3.8, 4) is 5.75 Å². The van der Waals surface area contributed by atoms with Crippen molar-refractivity contribution in [2.75, 3.05) is 13.2 Å².